The molecule has 0 radical (unpaired) electrons. The number of hydrogen-bond donors (Lipinski definition) is 1. The highest BCUT2D eigenvalue weighted by molar-refractivity contribution is 5.96. The van der Waals surface area contributed by atoms with Crippen molar-refractivity contribution in [3.63, 3.8) is 0 Å². The average molecular weight is 305 g/mol. The molecule has 0 aliphatic heterocycles. The van der Waals surface area contributed by atoms with E-state index in [2.05, 4.69) is 9.98 Å². The molecule has 6 heteroatoms. The first kappa shape index (κ1) is 17.8. The van der Waals surface area contributed by atoms with Crippen LogP contribution in [0.15, 0.2) is 28.2 Å². The highest BCUT2D eigenvalue weighted by Crippen LogP contribution is 2.18. The molecule has 1 aromatic rings. The second-order valence-corrected chi connectivity index (χ2v) is 4.89. The monoisotopic (exact) mass is 305 g/mol. The molecule has 0 aliphatic rings. The van der Waals surface area contributed by atoms with Crippen LogP contribution in [0.1, 0.15) is 39.2 Å². The van der Waals surface area contributed by atoms with E-state index in [0.29, 0.717) is 18.6 Å². The third-order valence-corrected chi connectivity index (χ3v) is 3.30. The largest absolute Gasteiger partial charge is 0.468 e. The van der Waals surface area contributed by atoms with Crippen LogP contribution in [-0.4, -0.2) is 29.5 Å². The summed E-state index contributed by atoms with van der Waals surface area (Å²) < 4.78 is 18.7. The number of benzene rings is 1. The molecule has 0 amide bonds. The zero-order valence-electron chi connectivity index (χ0n) is 13.0. The van der Waals surface area contributed by atoms with Crippen molar-refractivity contribution in [2.24, 2.45) is 9.98 Å². The number of nitrogens with zero attached hydrogens (tertiary/aromatic N) is 3. The predicted octanol–water partition coefficient (Wildman–Crippen LogP) is 3.07. The van der Waals surface area contributed by atoms with Crippen LogP contribution in [0.2, 0.25) is 0 Å². The van der Waals surface area contributed by atoms with Crippen molar-refractivity contribution in [1.82, 2.24) is 0 Å². The molecule has 1 unspecified atom stereocenters. The van der Waals surface area contributed by atoms with Crippen molar-refractivity contribution in [2.45, 2.75) is 39.2 Å². The second-order valence-electron chi connectivity index (χ2n) is 4.89. The summed E-state index contributed by atoms with van der Waals surface area (Å²) in [5, 5.41) is 18.7. The van der Waals surface area contributed by atoms with Gasteiger partial charge in [0.2, 0.25) is 0 Å². The Hall–Kier alpha value is -2.26. The summed E-state index contributed by atoms with van der Waals surface area (Å²) in [4.78, 5) is 8.03. The number of nitriles is 1. The third kappa shape index (κ3) is 4.93. The van der Waals surface area contributed by atoms with Gasteiger partial charge in [-0.25, -0.2) is 14.4 Å². The first-order chi connectivity index (χ1) is 10.4. The quantitative estimate of drug-likeness (QED) is 0.621. The van der Waals surface area contributed by atoms with E-state index >= 15 is 0 Å². The summed E-state index contributed by atoms with van der Waals surface area (Å²) >= 11 is 0. The summed E-state index contributed by atoms with van der Waals surface area (Å²) in [6.07, 6.45) is 2.46. The molecule has 0 saturated carbocycles. The Morgan fingerprint density at radius 2 is 2.23 bits per heavy atom. The Bertz CT molecular complexity index is 604. The Morgan fingerprint density at radius 1 is 1.50 bits per heavy atom. The number of ether oxygens (including phenoxy) is 1. The van der Waals surface area contributed by atoms with Gasteiger partial charge in [0.25, 0.3) is 0 Å². The van der Waals surface area contributed by atoms with Gasteiger partial charge in [0.15, 0.2) is 18.3 Å². The number of aliphatic hydroxyl groups is 1. The fraction of sp³-hybridized carbons (Fsp3) is 0.438. The summed E-state index contributed by atoms with van der Waals surface area (Å²) in [5.74, 6) is -0.586. The molecule has 0 fully saturated rings. The zero-order chi connectivity index (χ0) is 16.6. The molecule has 1 rings (SSSR count). The lowest BCUT2D eigenvalue weighted by Crippen LogP contribution is -2.33. The van der Waals surface area contributed by atoms with Crippen LogP contribution in [0.5, 0.6) is 5.75 Å². The van der Waals surface area contributed by atoms with E-state index in [9.17, 15) is 9.50 Å². The molecule has 1 atom stereocenters. The Labute approximate surface area is 129 Å². The fourth-order valence-corrected chi connectivity index (χ4v) is 1.75. The fourth-order valence-electron chi connectivity index (χ4n) is 1.75. The molecule has 1 aromatic carbocycles. The normalized spacial score (nSPS) is 14.6. The SMILES string of the molecule is CCC(=N/C=N\COc1ccc(C#N)cc1F)C(C)(O)CC. The number of halogens is 1. The molecular weight excluding hydrogens is 285 g/mol. The minimum atomic E-state index is -0.957. The lowest BCUT2D eigenvalue weighted by atomic mass is 9.95. The lowest BCUT2D eigenvalue weighted by molar-refractivity contribution is 0.126. The highest BCUT2D eigenvalue weighted by atomic mass is 19.1. The van der Waals surface area contributed by atoms with Gasteiger partial charge < -0.3 is 9.84 Å². The van der Waals surface area contributed by atoms with Crippen LogP contribution in [0.3, 0.4) is 0 Å². The van der Waals surface area contributed by atoms with Gasteiger partial charge in [0.05, 0.1) is 22.9 Å². The number of rotatable bonds is 7. The van der Waals surface area contributed by atoms with Crippen molar-refractivity contribution in [2.75, 3.05) is 6.73 Å². The molecule has 22 heavy (non-hydrogen) atoms. The van der Waals surface area contributed by atoms with Crippen molar-refractivity contribution >= 4 is 12.1 Å². The Kier molecular flexibility index (Phi) is 6.67. The van der Waals surface area contributed by atoms with E-state index in [1.165, 1.54) is 18.5 Å². The van der Waals surface area contributed by atoms with Gasteiger partial charge in [-0.05, 0) is 38.0 Å². The minimum Gasteiger partial charge on any atom is -0.468 e. The number of aliphatic imine (C=N–C) groups is 2. The van der Waals surface area contributed by atoms with Gasteiger partial charge in [0, 0.05) is 0 Å². The molecule has 118 valence electrons. The topological polar surface area (TPSA) is 78.0 Å². The molecule has 5 nitrogen and oxygen atoms in total. The van der Waals surface area contributed by atoms with E-state index in [-0.39, 0.29) is 18.0 Å². The minimum absolute atomic E-state index is 0.0244. The molecule has 0 aromatic heterocycles. The molecule has 0 bridgehead atoms. The van der Waals surface area contributed by atoms with E-state index in [4.69, 9.17) is 10.00 Å². The van der Waals surface area contributed by atoms with Gasteiger partial charge in [-0.3, -0.25) is 0 Å². The maximum absolute atomic E-state index is 13.5. The van der Waals surface area contributed by atoms with Crippen molar-refractivity contribution in [1.29, 1.82) is 5.26 Å². The summed E-state index contributed by atoms with van der Waals surface area (Å²) in [5.41, 5.74) is -0.100. The van der Waals surface area contributed by atoms with Crippen LogP contribution in [0.4, 0.5) is 4.39 Å². The molecule has 0 saturated heterocycles. The maximum atomic E-state index is 13.5. The molecule has 0 heterocycles. The molecular formula is C16H20FN3O2. The smallest absolute Gasteiger partial charge is 0.181 e. The Balaban J connectivity index is 2.62. The van der Waals surface area contributed by atoms with Crippen LogP contribution < -0.4 is 4.74 Å². The van der Waals surface area contributed by atoms with Crippen LogP contribution in [0, 0.1) is 17.1 Å². The molecule has 0 aliphatic carbocycles. The van der Waals surface area contributed by atoms with Crippen molar-refractivity contribution in [3.8, 4) is 11.8 Å². The van der Waals surface area contributed by atoms with Crippen molar-refractivity contribution in [3.05, 3.63) is 29.6 Å². The number of hydrogen-bond acceptors (Lipinski definition) is 4. The predicted molar refractivity (Wildman–Crippen MR) is 83.7 cm³/mol. The first-order valence-corrected chi connectivity index (χ1v) is 7.04. The zero-order valence-corrected chi connectivity index (χ0v) is 13.0. The highest BCUT2D eigenvalue weighted by Gasteiger charge is 2.23. The molecule has 1 N–H and O–H groups in total. The van der Waals surface area contributed by atoms with E-state index in [1.807, 2.05) is 19.9 Å². The van der Waals surface area contributed by atoms with Gasteiger partial charge >= 0.3 is 0 Å². The van der Waals surface area contributed by atoms with Gasteiger partial charge in [0.1, 0.15) is 6.34 Å². The van der Waals surface area contributed by atoms with Gasteiger partial charge in [-0.15, -0.1) is 0 Å². The summed E-state index contributed by atoms with van der Waals surface area (Å²) in [6, 6.07) is 5.79. The maximum Gasteiger partial charge on any atom is 0.181 e. The van der Waals surface area contributed by atoms with Crippen LogP contribution in [0.25, 0.3) is 0 Å². The van der Waals surface area contributed by atoms with Crippen molar-refractivity contribution < 1.29 is 14.2 Å². The van der Waals surface area contributed by atoms with Crippen LogP contribution >= 0.6 is 0 Å². The Morgan fingerprint density at radius 3 is 2.77 bits per heavy atom. The van der Waals surface area contributed by atoms with Crippen LogP contribution in [-0.2, 0) is 0 Å². The average Bonchev–Trinajstić information content (AvgIpc) is 2.51. The first-order valence-electron chi connectivity index (χ1n) is 7.04. The third-order valence-electron chi connectivity index (χ3n) is 3.30. The molecule has 0 spiro atoms. The van der Waals surface area contributed by atoms with E-state index in [1.54, 1.807) is 6.92 Å². The summed E-state index contributed by atoms with van der Waals surface area (Å²) in [7, 11) is 0. The van der Waals surface area contributed by atoms with Gasteiger partial charge in [-0.2, -0.15) is 5.26 Å². The lowest BCUT2D eigenvalue weighted by Gasteiger charge is -2.22. The van der Waals surface area contributed by atoms with Gasteiger partial charge in [-0.1, -0.05) is 13.8 Å². The standard InChI is InChI=1S/C16H20FN3O2/c1-4-15(16(3,21)5-2)20-10-19-11-22-14-7-6-12(9-18)8-13(14)17/h6-8,10,21H,4-5,11H2,1-3H3/b19-10-,20-15?. The second kappa shape index (κ2) is 8.25. The van der Waals surface area contributed by atoms with E-state index in [0.717, 1.165) is 6.07 Å². The summed E-state index contributed by atoms with van der Waals surface area (Å²) in [6.45, 7) is 5.38. The van der Waals surface area contributed by atoms with E-state index < -0.39 is 11.4 Å².